The van der Waals surface area contributed by atoms with E-state index in [4.69, 9.17) is 10.2 Å². The van der Waals surface area contributed by atoms with Crippen LogP contribution >= 0.6 is 0 Å². The molecule has 7 heteroatoms. The summed E-state index contributed by atoms with van der Waals surface area (Å²) in [5.41, 5.74) is 0. The predicted molar refractivity (Wildman–Crippen MR) is 54.7 cm³/mol. The average Bonchev–Trinajstić information content (AvgIpc) is 2.13. The Hall–Kier alpha value is -0.280. The number of aliphatic hydroxyl groups excluding tert-OH is 5. The molecule has 0 aliphatic rings. The van der Waals surface area contributed by atoms with Crippen LogP contribution in [0.3, 0.4) is 0 Å². The molecule has 0 spiro atoms. The fourth-order valence-corrected chi connectivity index (χ4v) is 1.05. The zero-order chi connectivity index (χ0) is 11.3. The molecule has 0 amide bonds. The molecule has 0 aromatic rings. The molecule has 0 aromatic heterocycles. The van der Waals surface area contributed by atoms with Gasteiger partial charge >= 0.3 is 0 Å². The Kier molecular flexibility index (Phi) is 9.07. The Labute approximate surface area is 89.2 Å². The molecule has 15 heavy (non-hydrogen) atoms. The van der Waals surface area contributed by atoms with E-state index < -0.39 is 31.0 Å². The molecule has 0 radical (unpaired) electrons. The zero-order valence-corrected chi connectivity index (χ0v) is 9.11. The first-order valence-corrected chi connectivity index (χ1v) is 4.38. The molecule has 0 saturated carbocycles. The van der Waals surface area contributed by atoms with Gasteiger partial charge in [-0.1, -0.05) is 0 Å². The van der Waals surface area contributed by atoms with Crippen molar-refractivity contribution in [3.05, 3.63) is 0 Å². The van der Waals surface area contributed by atoms with Gasteiger partial charge in [0.05, 0.1) is 12.7 Å². The minimum absolute atomic E-state index is 0. The van der Waals surface area contributed by atoms with Gasteiger partial charge in [0.2, 0.25) is 0 Å². The molecule has 0 aliphatic carbocycles. The smallest absolute Gasteiger partial charge is 0.111 e. The highest BCUT2D eigenvalue weighted by atomic mass is 16.4. The molecule has 0 heterocycles. The van der Waals surface area contributed by atoms with E-state index in [2.05, 4.69) is 0 Å². The first-order chi connectivity index (χ1) is 6.40. The first kappa shape index (κ1) is 17.1. The molecule has 0 unspecified atom stereocenters. The molecule has 0 aromatic carbocycles. The van der Waals surface area contributed by atoms with Crippen LogP contribution in [0.4, 0.5) is 0 Å². The summed E-state index contributed by atoms with van der Waals surface area (Å²) >= 11 is 0. The van der Waals surface area contributed by atoms with Crippen molar-refractivity contribution in [2.45, 2.75) is 24.4 Å². The lowest BCUT2D eigenvalue weighted by molar-refractivity contribution is -0.117. The van der Waals surface area contributed by atoms with Gasteiger partial charge in [0, 0.05) is 6.54 Å². The third-order valence-corrected chi connectivity index (χ3v) is 1.88. The monoisotopic (exact) mass is 226 g/mol. The van der Waals surface area contributed by atoms with Gasteiger partial charge in [-0.15, -0.1) is 0 Å². The number of nitrogens with zero attached hydrogens (tertiary/aromatic N) is 1. The summed E-state index contributed by atoms with van der Waals surface area (Å²) in [5.74, 6) is 0. The van der Waals surface area contributed by atoms with Crippen LogP contribution in [0.5, 0.6) is 0 Å². The third-order valence-electron chi connectivity index (χ3n) is 1.88. The van der Waals surface area contributed by atoms with Crippen LogP contribution in [0.25, 0.3) is 0 Å². The summed E-state index contributed by atoms with van der Waals surface area (Å²) in [6.07, 6.45) is -5.63. The van der Waals surface area contributed by atoms with Gasteiger partial charge in [-0.2, -0.15) is 0 Å². The van der Waals surface area contributed by atoms with Crippen LogP contribution in [0.15, 0.2) is 0 Å². The van der Waals surface area contributed by atoms with Crippen molar-refractivity contribution in [2.24, 2.45) is 0 Å². The van der Waals surface area contributed by atoms with Gasteiger partial charge in [-0.25, -0.2) is 0 Å². The molecule has 0 aliphatic heterocycles. The van der Waals surface area contributed by atoms with Crippen LogP contribution < -0.4 is 6.15 Å². The van der Waals surface area contributed by atoms with Gasteiger partial charge in [0.15, 0.2) is 0 Å². The standard InChI is InChI=1S/C8H19NO5.H3N/c1-9(2)3-5(11)7(13)8(14)6(12)4-10;/h5-8,10-14H,3-4H2,1-2H3;1H3/t5-,6+,7+,8+;/m0./s1. The first-order valence-electron chi connectivity index (χ1n) is 4.38. The van der Waals surface area contributed by atoms with Crippen molar-refractivity contribution in [2.75, 3.05) is 27.2 Å². The quantitative estimate of drug-likeness (QED) is 0.286. The second kappa shape index (κ2) is 7.94. The Morgan fingerprint density at radius 2 is 1.33 bits per heavy atom. The lowest BCUT2D eigenvalue weighted by atomic mass is 10.0. The minimum atomic E-state index is -1.55. The van der Waals surface area contributed by atoms with Crippen molar-refractivity contribution in [3.8, 4) is 0 Å². The van der Waals surface area contributed by atoms with Crippen molar-refractivity contribution in [3.63, 3.8) is 0 Å². The predicted octanol–water partition coefficient (Wildman–Crippen LogP) is -2.85. The van der Waals surface area contributed by atoms with Crippen LogP contribution in [-0.4, -0.2) is 82.1 Å². The molecule has 94 valence electrons. The molecular weight excluding hydrogens is 204 g/mol. The van der Waals surface area contributed by atoms with E-state index in [0.717, 1.165) is 0 Å². The molecule has 0 rings (SSSR count). The van der Waals surface area contributed by atoms with Crippen LogP contribution in [0, 0.1) is 0 Å². The van der Waals surface area contributed by atoms with Crippen molar-refractivity contribution < 1.29 is 25.5 Å². The SMILES string of the molecule is CN(C)C[C@H](O)[C@@H](O)[C@H](O)[C@H](O)CO.N. The minimum Gasteiger partial charge on any atom is -0.394 e. The molecule has 0 fully saturated rings. The number of rotatable bonds is 6. The summed E-state index contributed by atoms with van der Waals surface area (Å²) in [5, 5.41) is 45.4. The van der Waals surface area contributed by atoms with E-state index in [0.29, 0.717) is 0 Å². The van der Waals surface area contributed by atoms with Gasteiger partial charge in [-0.05, 0) is 14.1 Å². The zero-order valence-electron chi connectivity index (χ0n) is 9.11. The van der Waals surface area contributed by atoms with Crippen LogP contribution in [0.2, 0.25) is 0 Å². The average molecular weight is 226 g/mol. The topological polar surface area (TPSA) is 139 Å². The highest BCUT2D eigenvalue weighted by Gasteiger charge is 2.29. The second-order valence-corrected chi connectivity index (χ2v) is 3.56. The third kappa shape index (κ3) is 6.00. The highest BCUT2D eigenvalue weighted by Crippen LogP contribution is 2.05. The fraction of sp³-hybridized carbons (Fsp3) is 1.00. The Morgan fingerprint density at radius 1 is 0.933 bits per heavy atom. The lowest BCUT2D eigenvalue weighted by Gasteiger charge is -2.27. The Morgan fingerprint density at radius 3 is 1.67 bits per heavy atom. The molecular formula is C8H22N2O5. The summed E-state index contributed by atoms with van der Waals surface area (Å²) < 4.78 is 0. The van der Waals surface area contributed by atoms with Crippen LogP contribution in [0.1, 0.15) is 0 Å². The normalized spacial score (nSPS) is 19.2. The van der Waals surface area contributed by atoms with E-state index >= 15 is 0 Å². The van der Waals surface area contributed by atoms with Gasteiger partial charge in [0.1, 0.15) is 18.3 Å². The maximum Gasteiger partial charge on any atom is 0.111 e. The number of hydrogen-bond donors (Lipinski definition) is 6. The molecule has 4 atom stereocenters. The number of hydrogen-bond acceptors (Lipinski definition) is 7. The maximum absolute atomic E-state index is 9.36. The van der Waals surface area contributed by atoms with E-state index in [1.54, 1.807) is 19.0 Å². The molecule has 0 bridgehead atoms. The van der Waals surface area contributed by atoms with Crippen molar-refractivity contribution in [1.29, 1.82) is 0 Å². The highest BCUT2D eigenvalue weighted by molar-refractivity contribution is 4.81. The second-order valence-electron chi connectivity index (χ2n) is 3.56. The Bertz CT molecular complexity index is 158. The maximum atomic E-state index is 9.36. The van der Waals surface area contributed by atoms with Crippen molar-refractivity contribution in [1.82, 2.24) is 11.1 Å². The molecule has 0 saturated heterocycles. The molecule has 8 N–H and O–H groups in total. The number of likely N-dealkylation sites (N-methyl/N-ethyl adjacent to an activating group) is 1. The molecule has 7 nitrogen and oxygen atoms in total. The number of aliphatic hydroxyl groups is 5. The fourth-order valence-electron chi connectivity index (χ4n) is 1.05. The van der Waals surface area contributed by atoms with E-state index in [9.17, 15) is 15.3 Å². The Balaban J connectivity index is 0. The van der Waals surface area contributed by atoms with Gasteiger partial charge in [-0.3, -0.25) is 0 Å². The summed E-state index contributed by atoms with van der Waals surface area (Å²) in [6, 6.07) is 0. The summed E-state index contributed by atoms with van der Waals surface area (Å²) in [4.78, 5) is 1.63. The van der Waals surface area contributed by atoms with E-state index in [-0.39, 0.29) is 12.7 Å². The van der Waals surface area contributed by atoms with E-state index in [1.165, 1.54) is 0 Å². The largest absolute Gasteiger partial charge is 0.394 e. The summed E-state index contributed by atoms with van der Waals surface area (Å²) in [7, 11) is 3.40. The van der Waals surface area contributed by atoms with Gasteiger partial charge < -0.3 is 36.6 Å². The van der Waals surface area contributed by atoms with E-state index in [1.807, 2.05) is 0 Å². The lowest BCUT2D eigenvalue weighted by Crippen LogP contribution is -2.48. The summed E-state index contributed by atoms with van der Waals surface area (Å²) in [6.45, 7) is -0.497. The van der Waals surface area contributed by atoms with Gasteiger partial charge in [0.25, 0.3) is 0 Å². The van der Waals surface area contributed by atoms with Crippen LogP contribution in [-0.2, 0) is 0 Å². The van der Waals surface area contributed by atoms with Crippen molar-refractivity contribution >= 4 is 0 Å².